The van der Waals surface area contributed by atoms with Crippen LogP contribution in [0.5, 0.6) is 0 Å². The van der Waals surface area contributed by atoms with E-state index in [1.807, 2.05) is 31.4 Å². The minimum absolute atomic E-state index is 0.0262. The first kappa shape index (κ1) is 57.0. The molecule has 7 rings (SSSR count). The van der Waals surface area contributed by atoms with Gasteiger partial charge in [-0.3, -0.25) is 27.7 Å². The van der Waals surface area contributed by atoms with Gasteiger partial charge in [-0.1, -0.05) is 44.9 Å². The standard InChI is InChI=1S/C50H55N3O17S5/c1-5-7-24-52-41-18-12-32-10-15-35(73(62,63)64)28-38(32)46(41)50(4,23-8-26-71(56,57)58)45(52)21-14-33(40-17-11-34(31-51-40)48(54)55)13-20-44-49(3,22-6-2)47-39-29-36(74(65,66)67)30-43(75(68,69)70)37(39)16-19-42(47)53(44)25-9-27-72(59,60)61/h10-21,28-31H,5-9,22-27H2,1-4H3,(H5-,54,55,56,57,58,59,60,61,62,63,64,65,66,67,68,69,70)/p+1. The van der Waals surface area contributed by atoms with Crippen LogP contribution in [-0.2, 0) is 61.4 Å². The summed E-state index contributed by atoms with van der Waals surface area (Å²) in [7, 11) is -23.8. The van der Waals surface area contributed by atoms with Crippen LogP contribution >= 0.6 is 0 Å². The first-order valence-electron chi connectivity index (χ1n) is 23.6. The molecular weight excluding hydrogens is 1070 g/mol. The third-order valence-electron chi connectivity index (χ3n) is 13.8. The molecule has 0 spiro atoms. The number of nitrogens with zero attached hydrogens (tertiary/aromatic N) is 3. The molecule has 2 aliphatic rings. The lowest BCUT2D eigenvalue weighted by Crippen LogP contribution is -2.32. The number of hydrogen-bond donors (Lipinski definition) is 6. The van der Waals surface area contributed by atoms with E-state index in [0.29, 0.717) is 82.1 Å². The van der Waals surface area contributed by atoms with E-state index in [0.717, 1.165) is 18.7 Å². The van der Waals surface area contributed by atoms with Gasteiger partial charge in [-0.15, -0.1) is 0 Å². The maximum Gasteiger partial charge on any atom is 0.337 e. The van der Waals surface area contributed by atoms with Gasteiger partial charge in [-0.25, -0.2) is 4.79 Å². The van der Waals surface area contributed by atoms with Crippen molar-refractivity contribution in [3.8, 4) is 0 Å². The highest BCUT2D eigenvalue weighted by Crippen LogP contribution is 2.54. The van der Waals surface area contributed by atoms with Crippen molar-refractivity contribution < 1.29 is 79.3 Å². The van der Waals surface area contributed by atoms with Crippen LogP contribution < -0.4 is 4.90 Å². The number of carboxylic acids is 1. The molecule has 5 aromatic rings. The Labute approximate surface area is 435 Å². The van der Waals surface area contributed by atoms with Gasteiger partial charge in [0.05, 0.1) is 38.0 Å². The van der Waals surface area contributed by atoms with Crippen molar-refractivity contribution >= 4 is 101 Å². The van der Waals surface area contributed by atoms with Crippen LogP contribution in [0, 0.1) is 0 Å². The molecule has 0 fully saturated rings. The van der Waals surface area contributed by atoms with Crippen molar-refractivity contribution in [3.63, 3.8) is 0 Å². The lowest BCUT2D eigenvalue weighted by molar-refractivity contribution is -0.438. The highest BCUT2D eigenvalue weighted by atomic mass is 32.2. The zero-order valence-electron chi connectivity index (χ0n) is 41.1. The van der Waals surface area contributed by atoms with Crippen LogP contribution in [0.15, 0.2) is 118 Å². The third-order valence-corrected chi connectivity index (χ3v) is 18.0. The van der Waals surface area contributed by atoms with Gasteiger partial charge in [0.15, 0.2) is 5.71 Å². The molecule has 2 aliphatic heterocycles. The first-order chi connectivity index (χ1) is 34.8. The smallest absolute Gasteiger partial charge is 0.337 e. The van der Waals surface area contributed by atoms with Gasteiger partial charge in [-0.2, -0.15) is 46.7 Å². The van der Waals surface area contributed by atoms with Gasteiger partial charge in [0.25, 0.3) is 50.6 Å². The SMILES string of the molecule is CCCC[N+]1=C(/C=C/C(=C/C=C2/N(CCCS(=O)(=O)O)c3ccc4c(S(=O)(=O)O)cc(S(=O)(=O)O)cc4c3C2(C)CCC)c2ccc(C(=O)O)cn2)C(C)(CCCS(=O)(=O)O)c2c1ccc1ccc(S(=O)(=O)O)cc21. The molecule has 0 aliphatic carbocycles. The van der Waals surface area contributed by atoms with Gasteiger partial charge in [0.2, 0.25) is 5.69 Å². The Morgan fingerprint density at radius 1 is 0.680 bits per heavy atom. The Morgan fingerprint density at radius 2 is 1.33 bits per heavy atom. The van der Waals surface area contributed by atoms with Crippen LogP contribution in [0.2, 0.25) is 0 Å². The summed E-state index contributed by atoms with van der Waals surface area (Å²) >= 11 is 0. The van der Waals surface area contributed by atoms with Gasteiger partial charge >= 0.3 is 5.97 Å². The highest BCUT2D eigenvalue weighted by molar-refractivity contribution is 7.87. The fraction of sp³-hybridized carbons (Fsp3) is 0.340. The number of hydrogen-bond acceptors (Lipinski definition) is 13. The molecule has 20 nitrogen and oxygen atoms in total. The van der Waals surface area contributed by atoms with Gasteiger partial charge in [0.1, 0.15) is 11.4 Å². The second-order valence-corrected chi connectivity index (χ2v) is 26.4. The molecule has 25 heteroatoms. The quantitative estimate of drug-likeness (QED) is 0.0230. The van der Waals surface area contributed by atoms with Crippen LogP contribution in [-0.4, -0.2) is 116 Å². The fourth-order valence-electron chi connectivity index (χ4n) is 10.5. The third kappa shape index (κ3) is 12.0. The summed E-state index contributed by atoms with van der Waals surface area (Å²) in [5, 5.41) is 10.8. The lowest BCUT2D eigenvalue weighted by atomic mass is 9.74. The van der Waals surface area contributed by atoms with Crippen LogP contribution in [0.1, 0.15) is 99.8 Å². The van der Waals surface area contributed by atoms with E-state index in [2.05, 4.69) is 4.98 Å². The number of pyridine rings is 1. The molecule has 1 aromatic heterocycles. The van der Waals surface area contributed by atoms with E-state index in [1.165, 1.54) is 36.4 Å². The average Bonchev–Trinajstić information content (AvgIpc) is 3.68. The summed E-state index contributed by atoms with van der Waals surface area (Å²) in [6.45, 7) is 7.85. The molecule has 0 bridgehead atoms. The lowest BCUT2D eigenvalue weighted by Gasteiger charge is -2.30. The minimum atomic E-state index is -5.11. The largest absolute Gasteiger partial charge is 0.478 e. The van der Waals surface area contributed by atoms with Crippen molar-refractivity contribution in [1.82, 2.24) is 4.98 Å². The summed E-state index contributed by atoms with van der Waals surface area (Å²) in [6.07, 6.45) is 10.0. The Morgan fingerprint density at radius 3 is 1.92 bits per heavy atom. The number of carboxylic acid groups (broad SMARTS) is 1. The second-order valence-electron chi connectivity index (χ2n) is 19.0. The summed E-state index contributed by atoms with van der Waals surface area (Å²) in [4.78, 5) is 16.3. The summed E-state index contributed by atoms with van der Waals surface area (Å²) in [6, 6.07) is 15.2. The molecule has 2 unspecified atom stereocenters. The molecule has 0 saturated carbocycles. The van der Waals surface area contributed by atoms with Crippen molar-refractivity contribution in [3.05, 3.63) is 125 Å². The molecule has 0 radical (unpaired) electrons. The minimum Gasteiger partial charge on any atom is -0.478 e. The summed E-state index contributed by atoms with van der Waals surface area (Å²) in [5.74, 6) is -2.53. The van der Waals surface area contributed by atoms with E-state index >= 15 is 0 Å². The topological polar surface area (TPSA) is 328 Å². The van der Waals surface area contributed by atoms with Crippen molar-refractivity contribution in [1.29, 1.82) is 0 Å². The van der Waals surface area contributed by atoms with Crippen molar-refractivity contribution in [2.45, 2.75) is 98.2 Å². The molecule has 0 saturated heterocycles. The van der Waals surface area contributed by atoms with E-state index in [1.54, 1.807) is 48.3 Å². The van der Waals surface area contributed by atoms with Crippen molar-refractivity contribution in [2.75, 3.05) is 29.5 Å². The van der Waals surface area contributed by atoms with E-state index in [9.17, 15) is 74.8 Å². The van der Waals surface area contributed by atoms with Crippen LogP contribution in [0.25, 0.3) is 27.1 Å². The van der Waals surface area contributed by atoms with Gasteiger partial charge in [-0.05, 0) is 122 Å². The Bertz CT molecular complexity index is 3870. The first-order valence-corrected chi connectivity index (χ1v) is 31.1. The van der Waals surface area contributed by atoms with E-state index in [4.69, 9.17) is 0 Å². The molecule has 0 amide bonds. The number of anilines is 1. The molecule has 6 N–H and O–H groups in total. The summed E-state index contributed by atoms with van der Waals surface area (Å²) < 4.78 is 177. The number of rotatable bonds is 21. The average molecular weight is 1130 g/mol. The number of aromatic carboxylic acids is 1. The Hall–Kier alpha value is -5.74. The normalized spacial score (nSPS) is 19.2. The monoisotopic (exact) mass is 1130 g/mol. The maximum atomic E-state index is 12.8. The maximum absolute atomic E-state index is 12.8. The van der Waals surface area contributed by atoms with E-state index < -0.39 is 88.7 Å². The van der Waals surface area contributed by atoms with Crippen molar-refractivity contribution in [2.24, 2.45) is 0 Å². The zero-order chi connectivity index (χ0) is 55.3. The number of benzene rings is 4. The molecule has 2 atom stereocenters. The van der Waals surface area contributed by atoms with Gasteiger partial charge in [0, 0.05) is 64.6 Å². The molecule has 4 aromatic carbocycles. The van der Waals surface area contributed by atoms with Crippen LogP contribution in [0.3, 0.4) is 0 Å². The predicted octanol–water partition coefficient (Wildman–Crippen LogP) is 8.03. The highest BCUT2D eigenvalue weighted by Gasteiger charge is 2.49. The number of fused-ring (bicyclic) bond motifs is 6. The predicted molar refractivity (Wildman–Crippen MR) is 282 cm³/mol. The molecule has 402 valence electrons. The molecular formula is C50H56N3O17S5+. The fourth-order valence-corrected chi connectivity index (χ4v) is 13.4. The van der Waals surface area contributed by atoms with Gasteiger partial charge < -0.3 is 10.0 Å². The second kappa shape index (κ2) is 21.0. The molecule has 3 heterocycles. The zero-order valence-corrected chi connectivity index (χ0v) is 45.2. The Kier molecular flexibility index (Phi) is 16.0. The van der Waals surface area contributed by atoms with Crippen LogP contribution in [0.4, 0.5) is 11.4 Å². The number of allylic oxidation sites excluding steroid dienone is 6. The molecule has 75 heavy (non-hydrogen) atoms. The number of carbonyl (C=O) groups is 1. The Balaban J connectivity index is 1.52. The van der Waals surface area contributed by atoms with E-state index in [-0.39, 0.29) is 52.7 Å². The summed E-state index contributed by atoms with van der Waals surface area (Å²) in [5.41, 5.74) is 1.23. The number of aromatic nitrogens is 1. The number of unbranched alkanes of at least 4 members (excludes halogenated alkanes) is 1.